The number of benzene rings is 1. The number of carboxylic acid groups (broad SMARTS) is 1. The lowest BCUT2D eigenvalue weighted by Gasteiger charge is -2.36. The molecule has 2 heterocycles. The van der Waals surface area contributed by atoms with E-state index in [0.29, 0.717) is 12.3 Å². The second-order valence-corrected chi connectivity index (χ2v) is 6.75. The van der Waals surface area contributed by atoms with Gasteiger partial charge in [0, 0.05) is 39.6 Å². The third-order valence-electron chi connectivity index (χ3n) is 5.04. The minimum atomic E-state index is -0.250. The van der Waals surface area contributed by atoms with Crippen LogP contribution in [0.1, 0.15) is 24.0 Å². The molecule has 144 valence electrons. The Balaban J connectivity index is 0.000000758. The highest BCUT2D eigenvalue weighted by Gasteiger charge is 2.26. The molecular weight excluding hydrogens is 336 g/mol. The van der Waals surface area contributed by atoms with Crippen molar-refractivity contribution in [3.63, 3.8) is 0 Å². The molecule has 0 radical (unpaired) electrons. The molecule has 1 aromatic rings. The van der Waals surface area contributed by atoms with E-state index in [-0.39, 0.29) is 12.4 Å². The maximum atomic E-state index is 11.6. The second-order valence-electron chi connectivity index (χ2n) is 6.75. The van der Waals surface area contributed by atoms with Crippen LogP contribution in [0.2, 0.25) is 0 Å². The van der Waals surface area contributed by atoms with Crippen LogP contribution in [-0.4, -0.2) is 68.2 Å². The minimum absolute atomic E-state index is 0.250. The minimum Gasteiger partial charge on any atom is -0.493 e. The van der Waals surface area contributed by atoms with Gasteiger partial charge in [-0.15, -0.1) is 0 Å². The number of ether oxygens (including phenoxy) is 2. The Bertz CT molecular complexity index is 635. The van der Waals surface area contributed by atoms with Crippen molar-refractivity contribution in [2.75, 3.05) is 40.9 Å². The lowest BCUT2D eigenvalue weighted by Crippen LogP contribution is -2.43. The number of amides is 1. The van der Waals surface area contributed by atoms with Crippen molar-refractivity contribution in [2.24, 2.45) is 5.92 Å². The lowest BCUT2D eigenvalue weighted by molar-refractivity contribution is -0.133. The van der Waals surface area contributed by atoms with E-state index < -0.39 is 0 Å². The molecule has 7 nitrogen and oxygen atoms in total. The quantitative estimate of drug-likeness (QED) is 0.818. The number of carbonyl (C=O) groups excluding carboxylic acids is 1. The number of methoxy groups -OCH3 is 2. The smallest absolute Gasteiger partial charge is 0.290 e. The number of hydrogen-bond acceptors (Lipinski definition) is 5. The van der Waals surface area contributed by atoms with E-state index in [9.17, 15) is 4.79 Å². The van der Waals surface area contributed by atoms with E-state index in [1.54, 1.807) is 14.2 Å². The van der Waals surface area contributed by atoms with E-state index in [2.05, 4.69) is 17.0 Å². The fourth-order valence-corrected chi connectivity index (χ4v) is 3.71. The molecule has 26 heavy (non-hydrogen) atoms. The number of rotatable bonds is 4. The molecule has 3 rings (SSSR count). The van der Waals surface area contributed by atoms with Crippen molar-refractivity contribution in [3.05, 3.63) is 23.3 Å². The summed E-state index contributed by atoms with van der Waals surface area (Å²) in [5.74, 6) is 2.48. The zero-order valence-corrected chi connectivity index (χ0v) is 15.7. The third kappa shape index (κ3) is 4.88. The summed E-state index contributed by atoms with van der Waals surface area (Å²) >= 11 is 0. The van der Waals surface area contributed by atoms with Gasteiger partial charge in [0.2, 0.25) is 5.91 Å². The Kier molecular flexibility index (Phi) is 7.26. The molecule has 1 unspecified atom stereocenters. The van der Waals surface area contributed by atoms with Crippen LogP contribution in [0, 0.1) is 5.92 Å². The molecule has 0 aliphatic carbocycles. The van der Waals surface area contributed by atoms with Crippen LogP contribution >= 0.6 is 0 Å². The van der Waals surface area contributed by atoms with Crippen LogP contribution in [-0.2, 0) is 22.6 Å². The summed E-state index contributed by atoms with van der Waals surface area (Å²) in [5, 5.41) is 6.89. The molecule has 0 spiro atoms. The first kappa shape index (κ1) is 20.0. The van der Waals surface area contributed by atoms with Gasteiger partial charge in [-0.25, -0.2) is 0 Å². The van der Waals surface area contributed by atoms with Gasteiger partial charge in [0.15, 0.2) is 11.5 Å². The number of carbonyl (C=O) groups is 2. The SMILES string of the molecule is COc1cc2c(cc1OC)CN(CC1CCC(=O)N(C)C1)CC2.O=CO. The van der Waals surface area contributed by atoms with Gasteiger partial charge in [-0.2, -0.15) is 0 Å². The Morgan fingerprint density at radius 1 is 1.19 bits per heavy atom. The van der Waals surface area contributed by atoms with E-state index in [0.717, 1.165) is 50.5 Å². The summed E-state index contributed by atoms with van der Waals surface area (Å²) in [6, 6.07) is 4.22. The Morgan fingerprint density at radius 3 is 2.38 bits per heavy atom. The van der Waals surface area contributed by atoms with Gasteiger partial charge in [-0.3, -0.25) is 14.5 Å². The second kappa shape index (κ2) is 9.43. The monoisotopic (exact) mass is 364 g/mol. The molecule has 0 bridgehead atoms. The Morgan fingerprint density at radius 2 is 1.81 bits per heavy atom. The zero-order chi connectivity index (χ0) is 19.1. The number of fused-ring (bicyclic) bond motifs is 1. The fourth-order valence-electron chi connectivity index (χ4n) is 3.71. The van der Waals surface area contributed by atoms with Crippen molar-refractivity contribution in [1.29, 1.82) is 0 Å². The first-order valence-electron chi connectivity index (χ1n) is 8.80. The van der Waals surface area contributed by atoms with E-state index in [1.165, 1.54) is 11.1 Å². The van der Waals surface area contributed by atoms with Crippen molar-refractivity contribution >= 4 is 12.4 Å². The van der Waals surface area contributed by atoms with Crippen LogP contribution in [0.3, 0.4) is 0 Å². The molecule has 7 heteroatoms. The van der Waals surface area contributed by atoms with Crippen LogP contribution in [0.15, 0.2) is 12.1 Å². The lowest BCUT2D eigenvalue weighted by atomic mass is 9.94. The predicted octanol–water partition coefficient (Wildman–Crippen LogP) is 1.63. The molecule has 0 aromatic heterocycles. The molecule has 1 amide bonds. The maximum Gasteiger partial charge on any atom is 0.290 e. The first-order valence-corrected chi connectivity index (χ1v) is 8.80. The summed E-state index contributed by atoms with van der Waals surface area (Å²) in [7, 11) is 5.27. The van der Waals surface area contributed by atoms with Gasteiger partial charge in [-0.05, 0) is 42.0 Å². The van der Waals surface area contributed by atoms with Crippen molar-refractivity contribution in [1.82, 2.24) is 9.80 Å². The van der Waals surface area contributed by atoms with Crippen molar-refractivity contribution in [2.45, 2.75) is 25.8 Å². The van der Waals surface area contributed by atoms with E-state index in [1.807, 2.05) is 11.9 Å². The highest BCUT2D eigenvalue weighted by molar-refractivity contribution is 5.76. The Hall–Kier alpha value is -2.28. The summed E-state index contributed by atoms with van der Waals surface area (Å²) in [6.45, 7) is 3.71. The standard InChI is InChI=1S/C18H26N2O3.CH2O2/c1-19-10-13(4-5-18(19)21)11-20-7-6-14-8-16(22-2)17(23-3)9-15(14)12-20;2-1-3/h8-9,13H,4-7,10-12H2,1-3H3;1H,(H,2,3). The Labute approximate surface area is 154 Å². The van der Waals surface area contributed by atoms with Crippen molar-refractivity contribution < 1.29 is 24.2 Å². The third-order valence-corrected chi connectivity index (χ3v) is 5.04. The number of likely N-dealkylation sites (tertiary alicyclic amines) is 1. The van der Waals surface area contributed by atoms with Gasteiger partial charge >= 0.3 is 0 Å². The van der Waals surface area contributed by atoms with Crippen LogP contribution in [0.4, 0.5) is 0 Å². The topological polar surface area (TPSA) is 79.3 Å². The largest absolute Gasteiger partial charge is 0.493 e. The van der Waals surface area contributed by atoms with Crippen LogP contribution in [0.5, 0.6) is 11.5 Å². The normalized spacial score (nSPS) is 19.9. The highest BCUT2D eigenvalue weighted by atomic mass is 16.5. The molecule has 0 saturated carbocycles. The number of hydrogen-bond donors (Lipinski definition) is 1. The average Bonchev–Trinajstić information content (AvgIpc) is 2.64. The van der Waals surface area contributed by atoms with E-state index in [4.69, 9.17) is 19.4 Å². The van der Waals surface area contributed by atoms with E-state index >= 15 is 0 Å². The van der Waals surface area contributed by atoms with Crippen LogP contribution in [0.25, 0.3) is 0 Å². The molecular formula is C19H28N2O5. The van der Waals surface area contributed by atoms with Crippen molar-refractivity contribution in [3.8, 4) is 11.5 Å². The molecule has 2 aliphatic heterocycles. The van der Waals surface area contributed by atoms with Gasteiger partial charge in [0.1, 0.15) is 0 Å². The number of nitrogens with zero attached hydrogens (tertiary/aromatic N) is 2. The molecule has 1 aromatic carbocycles. The molecule has 1 fully saturated rings. The molecule has 1 atom stereocenters. The van der Waals surface area contributed by atoms with Gasteiger partial charge < -0.3 is 19.5 Å². The number of piperidine rings is 1. The average molecular weight is 364 g/mol. The fraction of sp³-hybridized carbons (Fsp3) is 0.579. The zero-order valence-electron chi connectivity index (χ0n) is 15.7. The summed E-state index contributed by atoms with van der Waals surface area (Å²) in [4.78, 5) is 24.4. The molecule has 1 saturated heterocycles. The first-order chi connectivity index (χ1) is 12.5. The summed E-state index contributed by atoms with van der Waals surface area (Å²) < 4.78 is 10.8. The highest BCUT2D eigenvalue weighted by Crippen LogP contribution is 2.33. The summed E-state index contributed by atoms with van der Waals surface area (Å²) in [6.07, 6.45) is 2.74. The van der Waals surface area contributed by atoms with Gasteiger partial charge in [0.05, 0.1) is 14.2 Å². The summed E-state index contributed by atoms with van der Waals surface area (Å²) in [5.41, 5.74) is 2.68. The molecule has 2 aliphatic rings. The predicted molar refractivity (Wildman–Crippen MR) is 97.6 cm³/mol. The maximum absolute atomic E-state index is 11.6. The van der Waals surface area contributed by atoms with Crippen LogP contribution < -0.4 is 9.47 Å². The molecule has 1 N–H and O–H groups in total. The van der Waals surface area contributed by atoms with Gasteiger partial charge in [0.25, 0.3) is 6.47 Å². The van der Waals surface area contributed by atoms with Gasteiger partial charge in [-0.1, -0.05) is 0 Å².